The van der Waals surface area contributed by atoms with Crippen LogP contribution in [0.4, 0.5) is 30.4 Å². The highest BCUT2D eigenvalue weighted by Gasteiger charge is 2.30. The van der Waals surface area contributed by atoms with E-state index in [2.05, 4.69) is 25.6 Å². The predicted octanol–water partition coefficient (Wildman–Crippen LogP) is 8.02. The highest BCUT2D eigenvalue weighted by Crippen LogP contribution is 2.37. The van der Waals surface area contributed by atoms with Crippen molar-refractivity contribution >= 4 is 45.9 Å². The number of aromatic nitrogens is 3. The largest absolute Gasteiger partial charge is 0.508 e. The lowest BCUT2D eigenvalue weighted by Gasteiger charge is -2.15. The summed E-state index contributed by atoms with van der Waals surface area (Å²) in [7, 11) is 0. The van der Waals surface area contributed by atoms with Crippen LogP contribution in [0.25, 0.3) is 11.0 Å². The number of alkyl halides is 3. The van der Waals surface area contributed by atoms with Crippen LogP contribution in [0.5, 0.6) is 5.75 Å². The summed E-state index contributed by atoms with van der Waals surface area (Å²) in [6, 6.07) is 19.9. The lowest BCUT2D eigenvalue weighted by molar-refractivity contribution is -0.137. The highest BCUT2D eigenvalue weighted by molar-refractivity contribution is 7.99. The molecule has 3 aromatic carbocycles. The van der Waals surface area contributed by atoms with Crippen molar-refractivity contribution in [2.45, 2.75) is 35.7 Å². The molecular formula is C30H24F3N5O2S. The second kappa shape index (κ2) is 11.5. The summed E-state index contributed by atoms with van der Waals surface area (Å²) >= 11 is 1.39. The molecule has 5 aromatic rings. The van der Waals surface area contributed by atoms with E-state index in [1.807, 2.05) is 26.0 Å². The standard InChI is InChI=1S/C30H24F3N5O2S/c1-17(2)24-12-11-23-27(37-24)34-16-35-28(23)38-25-14-18(6-13-26(25)41-22-9-7-21(39)8-10-22)29(40)36-20-5-3-4-19(15-20)30(31,32)33/h3-17,39H,1-2H3,(H,36,40)(H,34,35,37,38). The number of rotatable bonds is 7. The summed E-state index contributed by atoms with van der Waals surface area (Å²) in [6.45, 7) is 4.08. The number of fused-ring (bicyclic) bond motifs is 1. The predicted molar refractivity (Wildman–Crippen MR) is 153 cm³/mol. The molecule has 0 atom stereocenters. The van der Waals surface area contributed by atoms with E-state index in [1.54, 1.807) is 42.5 Å². The van der Waals surface area contributed by atoms with E-state index in [9.17, 15) is 23.1 Å². The minimum absolute atomic E-state index is 0.0238. The van der Waals surface area contributed by atoms with E-state index in [1.165, 1.54) is 30.2 Å². The van der Waals surface area contributed by atoms with Crippen molar-refractivity contribution in [3.63, 3.8) is 0 Å². The summed E-state index contributed by atoms with van der Waals surface area (Å²) in [5.74, 6) is 0.242. The van der Waals surface area contributed by atoms with Crippen molar-refractivity contribution in [3.05, 3.63) is 102 Å². The van der Waals surface area contributed by atoms with Crippen LogP contribution >= 0.6 is 11.8 Å². The maximum absolute atomic E-state index is 13.2. The van der Waals surface area contributed by atoms with Gasteiger partial charge in [0.15, 0.2) is 5.65 Å². The van der Waals surface area contributed by atoms with Gasteiger partial charge in [-0.05, 0) is 78.7 Å². The van der Waals surface area contributed by atoms with Crippen molar-refractivity contribution in [2.75, 3.05) is 10.6 Å². The molecule has 0 bridgehead atoms. The second-order valence-electron chi connectivity index (χ2n) is 9.45. The number of carbonyl (C=O) groups is 1. The van der Waals surface area contributed by atoms with Crippen LogP contribution in [0.15, 0.2) is 95.0 Å². The highest BCUT2D eigenvalue weighted by atomic mass is 32.2. The van der Waals surface area contributed by atoms with Crippen molar-refractivity contribution < 1.29 is 23.1 Å². The van der Waals surface area contributed by atoms with Gasteiger partial charge in [0.25, 0.3) is 5.91 Å². The quantitative estimate of drug-likeness (QED) is 0.181. The average Bonchev–Trinajstić information content (AvgIpc) is 2.94. The maximum Gasteiger partial charge on any atom is 0.416 e. The van der Waals surface area contributed by atoms with Crippen LogP contribution in [0.1, 0.15) is 41.4 Å². The number of pyridine rings is 1. The zero-order chi connectivity index (χ0) is 29.1. The number of nitrogens with one attached hydrogen (secondary N) is 2. The van der Waals surface area contributed by atoms with Crippen LogP contribution in [-0.4, -0.2) is 26.0 Å². The van der Waals surface area contributed by atoms with Gasteiger partial charge in [0, 0.05) is 26.7 Å². The topological polar surface area (TPSA) is 100 Å². The van der Waals surface area contributed by atoms with Crippen LogP contribution in [0.2, 0.25) is 0 Å². The number of nitrogens with zero attached hydrogens (tertiary/aromatic N) is 3. The van der Waals surface area contributed by atoms with E-state index in [-0.39, 0.29) is 22.9 Å². The smallest absolute Gasteiger partial charge is 0.416 e. The Labute approximate surface area is 237 Å². The molecule has 41 heavy (non-hydrogen) atoms. The van der Waals surface area contributed by atoms with Crippen LogP contribution < -0.4 is 10.6 Å². The Morgan fingerprint density at radius 1 is 0.951 bits per heavy atom. The lowest BCUT2D eigenvalue weighted by Crippen LogP contribution is -2.13. The molecule has 0 aliphatic carbocycles. The van der Waals surface area contributed by atoms with Crippen molar-refractivity contribution in [1.82, 2.24) is 15.0 Å². The molecule has 0 unspecified atom stereocenters. The molecule has 0 aliphatic heterocycles. The third-order valence-electron chi connectivity index (χ3n) is 6.12. The molecule has 5 rings (SSSR count). The van der Waals surface area contributed by atoms with E-state index < -0.39 is 17.6 Å². The Balaban J connectivity index is 1.50. The molecule has 2 aromatic heterocycles. The number of halogens is 3. The third kappa shape index (κ3) is 6.58. The van der Waals surface area contributed by atoms with Gasteiger partial charge in [-0.3, -0.25) is 4.79 Å². The molecule has 0 saturated carbocycles. The van der Waals surface area contributed by atoms with Gasteiger partial charge in [-0.2, -0.15) is 13.2 Å². The van der Waals surface area contributed by atoms with E-state index in [4.69, 9.17) is 0 Å². The SMILES string of the molecule is CC(C)c1ccc2c(Nc3cc(C(=O)Nc4cccc(C(F)(F)F)c4)ccc3Sc3ccc(O)cc3)ncnc2n1. The Morgan fingerprint density at radius 2 is 1.73 bits per heavy atom. The first kappa shape index (κ1) is 27.9. The third-order valence-corrected chi connectivity index (χ3v) is 7.20. The lowest BCUT2D eigenvalue weighted by atomic mass is 10.1. The maximum atomic E-state index is 13.2. The first-order valence-corrected chi connectivity index (χ1v) is 13.4. The molecule has 208 valence electrons. The van der Waals surface area contributed by atoms with Gasteiger partial charge in [0.1, 0.15) is 17.9 Å². The van der Waals surface area contributed by atoms with Crippen LogP contribution in [-0.2, 0) is 6.18 Å². The van der Waals surface area contributed by atoms with Gasteiger partial charge in [0.2, 0.25) is 0 Å². The van der Waals surface area contributed by atoms with Crippen molar-refractivity contribution in [3.8, 4) is 5.75 Å². The summed E-state index contributed by atoms with van der Waals surface area (Å²) < 4.78 is 39.5. The molecule has 0 spiro atoms. The molecule has 2 heterocycles. The first-order valence-electron chi connectivity index (χ1n) is 12.5. The number of carbonyl (C=O) groups excluding carboxylic acids is 1. The van der Waals surface area contributed by atoms with E-state index in [0.717, 1.165) is 27.6 Å². The zero-order valence-electron chi connectivity index (χ0n) is 21.9. The second-order valence-corrected chi connectivity index (χ2v) is 10.6. The van der Waals surface area contributed by atoms with Gasteiger partial charge >= 0.3 is 6.18 Å². The Kier molecular flexibility index (Phi) is 7.80. The minimum atomic E-state index is -4.53. The summed E-state index contributed by atoms with van der Waals surface area (Å²) in [4.78, 5) is 28.0. The Bertz CT molecular complexity index is 1730. The van der Waals surface area contributed by atoms with Gasteiger partial charge in [-0.15, -0.1) is 0 Å². The molecule has 1 amide bonds. The molecule has 7 nitrogen and oxygen atoms in total. The molecule has 3 N–H and O–H groups in total. The van der Waals surface area contributed by atoms with Gasteiger partial charge < -0.3 is 15.7 Å². The van der Waals surface area contributed by atoms with Gasteiger partial charge in [-0.25, -0.2) is 15.0 Å². The summed E-state index contributed by atoms with van der Waals surface area (Å²) in [6.07, 6.45) is -3.13. The van der Waals surface area contributed by atoms with Crippen LogP contribution in [0, 0.1) is 0 Å². The molecule has 0 fully saturated rings. The number of hydrogen-bond donors (Lipinski definition) is 3. The Hall–Kier alpha value is -4.64. The number of hydrogen-bond acceptors (Lipinski definition) is 7. The number of phenols is 1. The summed E-state index contributed by atoms with van der Waals surface area (Å²) in [5, 5.41) is 16.2. The fourth-order valence-corrected chi connectivity index (χ4v) is 4.86. The number of anilines is 3. The first-order chi connectivity index (χ1) is 19.6. The normalized spacial score (nSPS) is 11.6. The number of aromatic hydroxyl groups is 1. The average molecular weight is 576 g/mol. The number of amides is 1. The fraction of sp³-hybridized carbons (Fsp3) is 0.133. The monoisotopic (exact) mass is 575 g/mol. The van der Waals surface area contributed by atoms with E-state index in [0.29, 0.717) is 22.5 Å². The van der Waals surface area contributed by atoms with Crippen molar-refractivity contribution in [2.24, 2.45) is 0 Å². The molecule has 0 aliphatic rings. The molecule has 0 saturated heterocycles. The van der Waals surface area contributed by atoms with E-state index >= 15 is 0 Å². The summed E-state index contributed by atoms with van der Waals surface area (Å²) in [5.41, 5.74) is 1.32. The molecule has 0 radical (unpaired) electrons. The Morgan fingerprint density at radius 3 is 2.46 bits per heavy atom. The molecule has 11 heteroatoms. The van der Waals surface area contributed by atoms with Crippen LogP contribution in [0.3, 0.4) is 0 Å². The minimum Gasteiger partial charge on any atom is -0.508 e. The molecular weight excluding hydrogens is 551 g/mol. The zero-order valence-corrected chi connectivity index (χ0v) is 22.7. The fourth-order valence-electron chi connectivity index (χ4n) is 3.98. The van der Waals surface area contributed by atoms with Gasteiger partial charge in [0.05, 0.1) is 16.6 Å². The van der Waals surface area contributed by atoms with Gasteiger partial charge in [-0.1, -0.05) is 31.7 Å². The number of benzene rings is 3. The number of phenolic OH excluding ortho intramolecular Hbond substituents is 1. The van der Waals surface area contributed by atoms with Crippen molar-refractivity contribution in [1.29, 1.82) is 0 Å².